The van der Waals surface area contributed by atoms with Crippen molar-refractivity contribution in [3.8, 4) is 6.07 Å². The molecule has 0 bridgehead atoms. The van der Waals surface area contributed by atoms with Crippen LogP contribution in [0.1, 0.15) is 11.3 Å². The standard InChI is InChI=1S/C10H10N6S/c1-16-9(12)14-15-10(16)17-6-7-3-2-4-13-8(7)5-11/h2-4H,6H2,1H3,(H2,12,14). The Bertz CT molecular complexity index is 570. The molecule has 6 nitrogen and oxygen atoms in total. The minimum absolute atomic E-state index is 0.374. The number of nitrogens with two attached hydrogens (primary N) is 1. The second-order valence-electron chi connectivity index (χ2n) is 3.31. The Morgan fingerprint density at radius 2 is 2.35 bits per heavy atom. The van der Waals surface area contributed by atoms with Gasteiger partial charge in [0.15, 0.2) is 5.16 Å². The quantitative estimate of drug-likeness (QED) is 0.810. The van der Waals surface area contributed by atoms with Crippen LogP contribution in [0.15, 0.2) is 23.5 Å². The summed E-state index contributed by atoms with van der Waals surface area (Å²) in [7, 11) is 1.80. The Kier molecular flexibility index (Phi) is 3.25. The van der Waals surface area contributed by atoms with Gasteiger partial charge in [0, 0.05) is 19.0 Å². The molecule has 0 aliphatic heterocycles. The van der Waals surface area contributed by atoms with E-state index in [1.54, 1.807) is 17.8 Å². The number of hydrogen-bond acceptors (Lipinski definition) is 6. The molecular formula is C10H10N6S. The van der Waals surface area contributed by atoms with Crippen LogP contribution in [0.4, 0.5) is 5.95 Å². The highest BCUT2D eigenvalue weighted by atomic mass is 32.2. The molecule has 0 saturated carbocycles. The van der Waals surface area contributed by atoms with E-state index in [0.717, 1.165) is 10.7 Å². The van der Waals surface area contributed by atoms with Gasteiger partial charge < -0.3 is 5.73 Å². The zero-order chi connectivity index (χ0) is 12.3. The van der Waals surface area contributed by atoms with Crippen molar-refractivity contribution in [3.63, 3.8) is 0 Å². The highest BCUT2D eigenvalue weighted by molar-refractivity contribution is 7.98. The van der Waals surface area contributed by atoms with Crippen LogP contribution in [-0.2, 0) is 12.8 Å². The van der Waals surface area contributed by atoms with Gasteiger partial charge in [0.2, 0.25) is 5.95 Å². The van der Waals surface area contributed by atoms with Crippen LogP contribution >= 0.6 is 11.8 Å². The predicted molar refractivity (Wildman–Crippen MR) is 63.9 cm³/mol. The Morgan fingerprint density at radius 1 is 1.53 bits per heavy atom. The highest BCUT2D eigenvalue weighted by Crippen LogP contribution is 2.22. The lowest BCUT2D eigenvalue weighted by atomic mass is 10.2. The van der Waals surface area contributed by atoms with E-state index in [9.17, 15) is 0 Å². The second-order valence-corrected chi connectivity index (χ2v) is 4.25. The van der Waals surface area contributed by atoms with Crippen molar-refractivity contribution in [2.75, 3.05) is 5.73 Å². The van der Waals surface area contributed by atoms with Crippen LogP contribution in [0.2, 0.25) is 0 Å². The maximum atomic E-state index is 8.90. The van der Waals surface area contributed by atoms with Crippen LogP contribution in [-0.4, -0.2) is 19.7 Å². The fourth-order valence-electron chi connectivity index (χ4n) is 1.25. The Balaban J connectivity index is 2.13. The number of hydrogen-bond donors (Lipinski definition) is 1. The predicted octanol–water partition coefficient (Wildman–Crippen LogP) is 0.956. The number of anilines is 1. The molecule has 17 heavy (non-hydrogen) atoms. The molecule has 0 unspecified atom stereocenters. The van der Waals surface area contributed by atoms with Crippen LogP contribution in [0.25, 0.3) is 0 Å². The number of pyridine rings is 1. The molecule has 2 heterocycles. The van der Waals surface area contributed by atoms with Gasteiger partial charge in [-0.25, -0.2) is 4.98 Å². The number of nitrogen functional groups attached to an aromatic ring is 1. The average Bonchev–Trinajstić information content (AvgIpc) is 2.68. The third kappa shape index (κ3) is 2.37. The van der Waals surface area contributed by atoms with Gasteiger partial charge in [-0.1, -0.05) is 17.8 Å². The van der Waals surface area contributed by atoms with Crippen LogP contribution in [0.3, 0.4) is 0 Å². The molecule has 0 aliphatic rings. The summed E-state index contributed by atoms with van der Waals surface area (Å²) in [5.74, 6) is 0.988. The first-order valence-electron chi connectivity index (χ1n) is 4.84. The zero-order valence-corrected chi connectivity index (χ0v) is 9.98. The normalized spacial score (nSPS) is 10.1. The lowest BCUT2D eigenvalue weighted by Crippen LogP contribution is -1.98. The zero-order valence-electron chi connectivity index (χ0n) is 9.16. The third-order valence-electron chi connectivity index (χ3n) is 2.22. The van der Waals surface area contributed by atoms with Crippen molar-refractivity contribution in [2.24, 2.45) is 7.05 Å². The molecule has 0 aliphatic carbocycles. The Morgan fingerprint density at radius 3 is 3.00 bits per heavy atom. The van der Waals surface area contributed by atoms with Gasteiger partial charge in [0.25, 0.3) is 0 Å². The number of aromatic nitrogens is 4. The van der Waals surface area contributed by atoms with Crippen molar-refractivity contribution in [3.05, 3.63) is 29.6 Å². The molecular weight excluding hydrogens is 236 g/mol. The van der Waals surface area contributed by atoms with Gasteiger partial charge in [-0.3, -0.25) is 4.57 Å². The topological polar surface area (TPSA) is 93.4 Å². The monoisotopic (exact) mass is 246 g/mol. The van der Waals surface area contributed by atoms with Crippen LogP contribution < -0.4 is 5.73 Å². The van der Waals surface area contributed by atoms with E-state index in [-0.39, 0.29) is 0 Å². The van der Waals surface area contributed by atoms with Gasteiger partial charge in [0.1, 0.15) is 11.8 Å². The highest BCUT2D eigenvalue weighted by Gasteiger charge is 2.08. The lowest BCUT2D eigenvalue weighted by molar-refractivity contribution is 0.795. The summed E-state index contributed by atoms with van der Waals surface area (Å²) >= 11 is 1.47. The Hall–Kier alpha value is -2.07. The van der Waals surface area contributed by atoms with E-state index < -0.39 is 0 Å². The number of rotatable bonds is 3. The lowest BCUT2D eigenvalue weighted by Gasteiger charge is -2.02. The van der Waals surface area contributed by atoms with Crippen molar-refractivity contribution in [1.29, 1.82) is 5.26 Å². The van der Waals surface area contributed by atoms with Crippen molar-refractivity contribution in [1.82, 2.24) is 19.7 Å². The molecule has 0 saturated heterocycles. The van der Waals surface area contributed by atoms with E-state index in [1.807, 2.05) is 12.1 Å². The molecule has 0 fully saturated rings. The molecule has 0 spiro atoms. The SMILES string of the molecule is Cn1c(N)nnc1SCc1cccnc1C#N. The van der Waals surface area contributed by atoms with E-state index in [0.29, 0.717) is 17.4 Å². The third-order valence-corrected chi connectivity index (χ3v) is 3.29. The first kappa shape index (κ1) is 11.4. The summed E-state index contributed by atoms with van der Waals surface area (Å²) < 4.78 is 1.70. The van der Waals surface area contributed by atoms with E-state index in [2.05, 4.69) is 21.3 Å². The molecule has 2 aromatic heterocycles. The van der Waals surface area contributed by atoms with E-state index in [1.165, 1.54) is 11.8 Å². The van der Waals surface area contributed by atoms with Gasteiger partial charge in [0.05, 0.1) is 0 Å². The number of nitrogens with zero attached hydrogens (tertiary/aromatic N) is 5. The largest absolute Gasteiger partial charge is 0.368 e. The molecule has 0 radical (unpaired) electrons. The van der Waals surface area contributed by atoms with Crippen LogP contribution in [0.5, 0.6) is 0 Å². The minimum atomic E-state index is 0.374. The maximum absolute atomic E-state index is 8.90. The summed E-state index contributed by atoms with van der Waals surface area (Å²) in [5, 5.41) is 17.3. The molecule has 0 amide bonds. The molecule has 0 atom stereocenters. The summed E-state index contributed by atoms with van der Waals surface area (Å²) in [6.45, 7) is 0. The molecule has 7 heteroatoms. The fraction of sp³-hybridized carbons (Fsp3) is 0.200. The molecule has 86 valence electrons. The van der Waals surface area contributed by atoms with Gasteiger partial charge in [-0.15, -0.1) is 10.2 Å². The molecule has 2 rings (SSSR count). The molecule has 0 aromatic carbocycles. The number of nitriles is 1. The fourth-order valence-corrected chi connectivity index (χ4v) is 2.15. The van der Waals surface area contributed by atoms with Gasteiger partial charge >= 0.3 is 0 Å². The minimum Gasteiger partial charge on any atom is -0.368 e. The smallest absolute Gasteiger partial charge is 0.222 e. The summed E-state index contributed by atoms with van der Waals surface area (Å²) in [6.07, 6.45) is 1.60. The van der Waals surface area contributed by atoms with Gasteiger partial charge in [-0.2, -0.15) is 5.26 Å². The summed E-state index contributed by atoms with van der Waals surface area (Å²) in [4.78, 5) is 4.00. The maximum Gasteiger partial charge on any atom is 0.222 e. The second kappa shape index (κ2) is 4.84. The summed E-state index contributed by atoms with van der Waals surface area (Å²) in [6, 6.07) is 5.74. The first-order valence-corrected chi connectivity index (χ1v) is 5.82. The van der Waals surface area contributed by atoms with Crippen molar-refractivity contribution in [2.45, 2.75) is 10.9 Å². The Labute approximate surface area is 102 Å². The van der Waals surface area contributed by atoms with E-state index in [4.69, 9.17) is 11.0 Å². The van der Waals surface area contributed by atoms with E-state index >= 15 is 0 Å². The molecule has 2 N–H and O–H groups in total. The summed E-state index contributed by atoms with van der Waals surface area (Å²) in [5.41, 5.74) is 6.89. The van der Waals surface area contributed by atoms with Crippen molar-refractivity contribution < 1.29 is 0 Å². The van der Waals surface area contributed by atoms with Crippen LogP contribution in [0, 0.1) is 11.3 Å². The number of thioether (sulfide) groups is 1. The average molecular weight is 246 g/mol. The molecule has 2 aromatic rings. The first-order chi connectivity index (χ1) is 8.22. The van der Waals surface area contributed by atoms with Gasteiger partial charge in [-0.05, 0) is 11.6 Å². The van der Waals surface area contributed by atoms with Crippen molar-refractivity contribution >= 4 is 17.7 Å².